The Morgan fingerprint density at radius 1 is 1.28 bits per heavy atom. The Kier molecular flexibility index (Phi) is 4.94. The third-order valence-corrected chi connectivity index (χ3v) is 5.17. The zero-order chi connectivity index (χ0) is 12.8. The smallest absolute Gasteiger partial charge is 0.0148 e. The molecule has 0 nitrogen and oxygen atoms in total. The number of fused-ring (bicyclic) bond motifs is 1. The summed E-state index contributed by atoms with van der Waals surface area (Å²) in [7, 11) is 0. The average molecular weight is 260 g/mol. The van der Waals surface area contributed by atoms with Crippen molar-refractivity contribution in [2.75, 3.05) is 5.75 Å². The Balaban J connectivity index is 2.15. The zero-order valence-corrected chi connectivity index (χ0v) is 12.3. The Hall–Kier alpha value is -0.690. The van der Waals surface area contributed by atoms with Crippen LogP contribution in [-0.2, 0) is 5.41 Å². The number of rotatable bonds is 6. The second-order valence-electron chi connectivity index (χ2n) is 5.27. The van der Waals surface area contributed by atoms with Crippen molar-refractivity contribution in [2.45, 2.75) is 55.8 Å². The van der Waals surface area contributed by atoms with Crippen molar-refractivity contribution in [3.8, 4) is 0 Å². The van der Waals surface area contributed by atoms with Gasteiger partial charge in [-0.05, 0) is 30.2 Å². The standard InChI is InChI=1S/C17H24S/c1-3-5-6-9-12-17(4-2)13-14-18-16-11-8-7-10-15(16)17/h4,7-8,10-11H,2-3,5-6,9,12-14H2,1H3/t17-/m0/s1. The number of thioether (sulfide) groups is 1. The first-order chi connectivity index (χ1) is 8.82. The second-order valence-corrected chi connectivity index (χ2v) is 6.40. The molecule has 98 valence electrons. The Morgan fingerprint density at radius 3 is 2.89 bits per heavy atom. The van der Waals surface area contributed by atoms with Gasteiger partial charge in [0.05, 0.1) is 0 Å². The summed E-state index contributed by atoms with van der Waals surface area (Å²) in [5, 5.41) is 0. The van der Waals surface area contributed by atoms with Gasteiger partial charge in [0.25, 0.3) is 0 Å². The number of benzene rings is 1. The molecule has 0 aromatic heterocycles. The Bertz CT molecular complexity index is 396. The lowest BCUT2D eigenvalue weighted by Gasteiger charge is -2.36. The highest BCUT2D eigenvalue weighted by Crippen LogP contribution is 2.45. The first-order valence-electron chi connectivity index (χ1n) is 7.18. The maximum absolute atomic E-state index is 4.15. The third-order valence-electron chi connectivity index (χ3n) is 4.10. The Morgan fingerprint density at radius 2 is 2.11 bits per heavy atom. The molecule has 2 rings (SSSR count). The number of allylic oxidation sites excluding steroid dienone is 1. The summed E-state index contributed by atoms with van der Waals surface area (Å²) in [5.74, 6) is 1.23. The molecule has 1 atom stereocenters. The van der Waals surface area contributed by atoms with E-state index in [0.29, 0.717) is 0 Å². The molecule has 1 aromatic rings. The van der Waals surface area contributed by atoms with E-state index in [1.807, 2.05) is 11.8 Å². The monoisotopic (exact) mass is 260 g/mol. The van der Waals surface area contributed by atoms with Gasteiger partial charge in [0.1, 0.15) is 0 Å². The molecule has 0 radical (unpaired) electrons. The van der Waals surface area contributed by atoms with E-state index in [-0.39, 0.29) is 5.41 Å². The zero-order valence-electron chi connectivity index (χ0n) is 11.5. The lowest BCUT2D eigenvalue weighted by atomic mass is 9.74. The lowest BCUT2D eigenvalue weighted by molar-refractivity contribution is 0.435. The van der Waals surface area contributed by atoms with E-state index in [9.17, 15) is 0 Å². The highest BCUT2D eigenvalue weighted by molar-refractivity contribution is 7.99. The molecule has 1 aliphatic heterocycles. The van der Waals surface area contributed by atoms with Crippen LogP contribution in [0.3, 0.4) is 0 Å². The minimum Gasteiger partial charge on any atom is -0.126 e. The number of hydrogen-bond acceptors (Lipinski definition) is 1. The van der Waals surface area contributed by atoms with Gasteiger partial charge in [0.2, 0.25) is 0 Å². The van der Waals surface area contributed by atoms with Crippen LogP contribution in [0.5, 0.6) is 0 Å². The van der Waals surface area contributed by atoms with E-state index in [2.05, 4.69) is 43.8 Å². The first kappa shape index (κ1) is 13.7. The minimum absolute atomic E-state index is 0.246. The molecule has 1 aliphatic rings. The van der Waals surface area contributed by atoms with Gasteiger partial charge in [-0.25, -0.2) is 0 Å². The van der Waals surface area contributed by atoms with Crippen LogP contribution in [0.4, 0.5) is 0 Å². The molecule has 0 saturated carbocycles. The van der Waals surface area contributed by atoms with Gasteiger partial charge in [0.15, 0.2) is 0 Å². The van der Waals surface area contributed by atoms with Crippen molar-refractivity contribution >= 4 is 11.8 Å². The molecule has 0 spiro atoms. The minimum atomic E-state index is 0.246. The van der Waals surface area contributed by atoms with E-state index in [4.69, 9.17) is 0 Å². The van der Waals surface area contributed by atoms with Crippen molar-refractivity contribution in [1.82, 2.24) is 0 Å². The van der Waals surface area contributed by atoms with Crippen LogP contribution in [0.1, 0.15) is 51.0 Å². The fraction of sp³-hybridized carbons (Fsp3) is 0.529. The topological polar surface area (TPSA) is 0 Å². The van der Waals surface area contributed by atoms with Gasteiger partial charge >= 0.3 is 0 Å². The van der Waals surface area contributed by atoms with Crippen LogP contribution in [0.25, 0.3) is 0 Å². The van der Waals surface area contributed by atoms with Crippen LogP contribution in [0.15, 0.2) is 41.8 Å². The molecule has 0 bridgehead atoms. The molecule has 1 heteroatoms. The molecule has 0 aliphatic carbocycles. The van der Waals surface area contributed by atoms with Gasteiger partial charge in [-0.1, -0.05) is 56.9 Å². The van der Waals surface area contributed by atoms with Gasteiger partial charge in [0, 0.05) is 10.3 Å². The van der Waals surface area contributed by atoms with Crippen LogP contribution in [-0.4, -0.2) is 5.75 Å². The molecule has 0 amide bonds. The van der Waals surface area contributed by atoms with Crippen molar-refractivity contribution in [3.63, 3.8) is 0 Å². The Labute approximate surface area is 116 Å². The average Bonchev–Trinajstić information content (AvgIpc) is 2.44. The lowest BCUT2D eigenvalue weighted by Crippen LogP contribution is -2.27. The van der Waals surface area contributed by atoms with Gasteiger partial charge < -0.3 is 0 Å². The summed E-state index contributed by atoms with van der Waals surface area (Å²) in [6.45, 7) is 6.42. The second kappa shape index (κ2) is 6.47. The summed E-state index contributed by atoms with van der Waals surface area (Å²) >= 11 is 2.00. The molecular weight excluding hydrogens is 236 g/mol. The quantitative estimate of drug-likeness (QED) is 0.475. The molecule has 0 fully saturated rings. The summed E-state index contributed by atoms with van der Waals surface area (Å²) in [4.78, 5) is 1.47. The van der Waals surface area contributed by atoms with E-state index in [1.165, 1.54) is 54.7 Å². The molecule has 0 N–H and O–H groups in total. The molecule has 18 heavy (non-hydrogen) atoms. The molecular formula is C17H24S. The van der Waals surface area contributed by atoms with Crippen LogP contribution >= 0.6 is 11.8 Å². The summed E-state index contributed by atoms with van der Waals surface area (Å²) in [5.41, 5.74) is 1.77. The maximum Gasteiger partial charge on any atom is 0.0148 e. The fourth-order valence-electron chi connectivity index (χ4n) is 2.92. The maximum atomic E-state index is 4.15. The van der Waals surface area contributed by atoms with E-state index in [0.717, 1.165) is 0 Å². The molecule has 1 aromatic carbocycles. The van der Waals surface area contributed by atoms with Crippen molar-refractivity contribution in [2.24, 2.45) is 0 Å². The predicted molar refractivity (Wildman–Crippen MR) is 82.4 cm³/mol. The van der Waals surface area contributed by atoms with E-state index < -0.39 is 0 Å². The third kappa shape index (κ3) is 2.83. The summed E-state index contributed by atoms with van der Waals surface area (Å²) < 4.78 is 0. The number of unbranched alkanes of at least 4 members (excludes halogenated alkanes) is 3. The normalized spacial score (nSPS) is 22.5. The molecule has 1 heterocycles. The van der Waals surface area contributed by atoms with Crippen molar-refractivity contribution < 1.29 is 0 Å². The van der Waals surface area contributed by atoms with Gasteiger partial charge in [-0.3, -0.25) is 0 Å². The number of hydrogen-bond donors (Lipinski definition) is 0. The molecule has 0 saturated heterocycles. The summed E-state index contributed by atoms with van der Waals surface area (Å²) in [6, 6.07) is 8.91. The summed E-state index contributed by atoms with van der Waals surface area (Å²) in [6.07, 6.45) is 10.1. The van der Waals surface area contributed by atoms with Crippen LogP contribution in [0, 0.1) is 0 Å². The van der Waals surface area contributed by atoms with Crippen LogP contribution in [0.2, 0.25) is 0 Å². The fourth-order valence-corrected chi connectivity index (χ4v) is 4.21. The van der Waals surface area contributed by atoms with E-state index >= 15 is 0 Å². The largest absolute Gasteiger partial charge is 0.126 e. The highest BCUT2D eigenvalue weighted by atomic mass is 32.2. The van der Waals surface area contributed by atoms with Gasteiger partial charge in [-0.15, -0.1) is 18.3 Å². The van der Waals surface area contributed by atoms with Crippen LogP contribution < -0.4 is 0 Å². The molecule has 0 unspecified atom stereocenters. The van der Waals surface area contributed by atoms with E-state index in [1.54, 1.807) is 0 Å². The SMILES string of the molecule is C=C[C@]1(CCCCCC)CCSc2ccccc21. The predicted octanol–water partition coefficient (Wildman–Crippen LogP) is 5.58. The van der Waals surface area contributed by atoms with Crippen molar-refractivity contribution in [3.05, 3.63) is 42.5 Å². The van der Waals surface area contributed by atoms with Crippen molar-refractivity contribution in [1.29, 1.82) is 0 Å². The highest BCUT2D eigenvalue weighted by Gasteiger charge is 2.33. The first-order valence-corrected chi connectivity index (χ1v) is 8.17. The van der Waals surface area contributed by atoms with Gasteiger partial charge in [-0.2, -0.15) is 0 Å².